The summed E-state index contributed by atoms with van der Waals surface area (Å²) in [5.74, 6) is 0.503. The second kappa shape index (κ2) is 8.49. The largest absolute Gasteiger partial charge is 0.368 e. The van der Waals surface area contributed by atoms with Crippen LogP contribution in [-0.2, 0) is 11.3 Å². The summed E-state index contributed by atoms with van der Waals surface area (Å²) in [4.78, 5) is 12.0. The molecule has 0 spiro atoms. The van der Waals surface area contributed by atoms with E-state index in [0.717, 1.165) is 18.7 Å². The first-order chi connectivity index (χ1) is 12.6. The molecule has 1 aromatic carbocycles. The predicted molar refractivity (Wildman–Crippen MR) is 100 cm³/mol. The van der Waals surface area contributed by atoms with Crippen LogP contribution in [0.15, 0.2) is 42.1 Å². The first kappa shape index (κ1) is 18.6. The van der Waals surface area contributed by atoms with Crippen molar-refractivity contribution in [1.29, 1.82) is 0 Å². The highest BCUT2D eigenvalue weighted by atomic mass is 32.2. The average molecular weight is 374 g/mol. The van der Waals surface area contributed by atoms with Crippen LogP contribution in [0.4, 0.5) is 4.39 Å². The Bertz CT molecular complexity index is 768. The summed E-state index contributed by atoms with van der Waals surface area (Å²) in [6.07, 6.45) is 7.69. The van der Waals surface area contributed by atoms with Gasteiger partial charge in [-0.25, -0.2) is 4.39 Å². The van der Waals surface area contributed by atoms with Gasteiger partial charge in [0.25, 0.3) is 0 Å². The van der Waals surface area contributed by atoms with E-state index in [-0.39, 0.29) is 5.82 Å². The van der Waals surface area contributed by atoms with Gasteiger partial charge < -0.3 is 10.3 Å². The zero-order chi connectivity index (χ0) is 18.5. The Hall–Kier alpha value is -2.15. The molecule has 3 rings (SSSR count). The maximum absolute atomic E-state index is 13.2. The van der Waals surface area contributed by atoms with Gasteiger partial charge in [-0.05, 0) is 30.5 Å². The Balaban J connectivity index is 1.89. The predicted octanol–water partition coefficient (Wildman–Crippen LogP) is 3.97. The fourth-order valence-electron chi connectivity index (χ4n) is 3.38. The lowest BCUT2D eigenvalue weighted by Crippen LogP contribution is -2.20. The molecule has 1 heterocycles. The number of aromatic nitrogens is 3. The molecule has 1 aliphatic carbocycles. The SMILES string of the molecule is C=CCn1c(S[C@H](C(N)=O)c2ccc(F)cc2)nnc1C1CCCCC1. The zero-order valence-electron chi connectivity index (χ0n) is 14.6. The highest BCUT2D eigenvalue weighted by Crippen LogP contribution is 2.37. The van der Waals surface area contributed by atoms with E-state index in [2.05, 4.69) is 16.8 Å². The number of carbonyl (C=O) groups excluding carboxylic acids is 1. The molecule has 7 heteroatoms. The van der Waals surface area contributed by atoms with Crippen LogP contribution in [0.1, 0.15) is 54.7 Å². The van der Waals surface area contributed by atoms with Crippen molar-refractivity contribution in [2.45, 2.75) is 55.0 Å². The van der Waals surface area contributed by atoms with Gasteiger partial charge in [0.15, 0.2) is 5.16 Å². The van der Waals surface area contributed by atoms with Gasteiger partial charge in [-0.2, -0.15) is 0 Å². The first-order valence-corrected chi connectivity index (χ1v) is 9.73. The van der Waals surface area contributed by atoms with Crippen LogP contribution >= 0.6 is 11.8 Å². The number of benzene rings is 1. The minimum absolute atomic E-state index is 0.351. The van der Waals surface area contributed by atoms with E-state index in [9.17, 15) is 9.18 Å². The molecule has 1 saturated carbocycles. The van der Waals surface area contributed by atoms with Crippen molar-refractivity contribution in [2.75, 3.05) is 0 Å². The summed E-state index contributed by atoms with van der Waals surface area (Å²) in [5.41, 5.74) is 6.25. The summed E-state index contributed by atoms with van der Waals surface area (Å²) < 4.78 is 15.2. The van der Waals surface area contributed by atoms with Crippen molar-refractivity contribution >= 4 is 17.7 Å². The molecule has 0 bridgehead atoms. The number of thioether (sulfide) groups is 1. The van der Waals surface area contributed by atoms with Gasteiger partial charge in [0, 0.05) is 12.5 Å². The number of amides is 1. The molecule has 26 heavy (non-hydrogen) atoms. The topological polar surface area (TPSA) is 73.8 Å². The van der Waals surface area contributed by atoms with Crippen LogP contribution in [-0.4, -0.2) is 20.7 Å². The summed E-state index contributed by atoms with van der Waals surface area (Å²) in [6.45, 7) is 4.41. The molecule has 5 nitrogen and oxygen atoms in total. The summed E-state index contributed by atoms with van der Waals surface area (Å²) in [5, 5.41) is 8.72. The third-order valence-corrected chi connectivity index (χ3v) is 5.93. The number of hydrogen-bond donors (Lipinski definition) is 1. The fourth-order valence-corrected chi connectivity index (χ4v) is 4.39. The molecule has 1 atom stereocenters. The molecule has 0 unspecified atom stereocenters. The van der Waals surface area contributed by atoms with Gasteiger partial charge >= 0.3 is 0 Å². The van der Waals surface area contributed by atoms with Crippen molar-refractivity contribution in [1.82, 2.24) is 14.8 Å². The molecule has 1 amide bonds. The van der Waals surface area contributed by atoms with E-state index in [0.29, 0.717) is 23.2 Å². The molecular formula is C19H23FN4OS. The minimum atomic E-state index is -0.650. The smallest absolute Gasteiger partial charge is 0.235 e. The van der Waals surface area contributed by atoms with Crippen LogP contribution in [0.2, 0.25) is 0 Å². The van der Waals surface area contributed by atoms with Crippen molar-refractivity contribution in [2.24, 2.45) is 5.73 Å². The third kappa shape index (κ3) is 4.15. The lowest BCUT2D eigenvalue weighted by Gasteiger charge is -2.22. The number of allylic oxidation sites excluding steroid dienone is 1. The quantitative estimate of drug-likeness (QED) is 0.588. The Labute approximate surface area is 156 Å². The second-order valence-electron chi connectivity index (χ2n) is 6.53. The molecule has 0 aliphatic heterocycles. The van der Waals surface area contributed by atoms with E-state index >= 15 is 0 Å². The summed E-state index contributed by atoms with van der Waals surface area (Å²) in [6, 6.07) is 5.81. The summed E-state index contributed by atoms with van der Waals surface area (Å²) >= 11 is 1.25. The Morgan fingerprint density at radius 2 is 2.00 bits per heavy atom. The number of hydrogen-bond acceptors (Lipinski definition) is 4. The fraction of sp³-hybridized carbons (Fsp3) is 0.421. The normalized spacial score (nSPS) is 16.3. The number of carbonyl (C=O) groups is 1. The van der Waals surface area contributed by atoms with Crippen LogP contribution < -0.4 is 5.73 Å². The molecule has 1 fully saturated rings. The van der Waals surface area contributed by atoms with Crippen molar-refractivity contribution < 1.29 is 9.18 Å². The van der Waals surface area contributed by atoms with Gasteiger partial charge in [0.2, 0.25) is 5.91 Å². The van der Waals surface area contributed by atoms with Crippen LogP contribution in [0.25, 0.3) is 0 Å². The Kier molecular flexibility index (Phi) is 6.08. The second-order valence-corrected chi connectivity index (χ2v) is 7.60. The molecule has 2 aromatic rings. The van der Waals surface area contributed by atoms with Crippen LogP contribution in [0.5, 0.6) is 0 Å². The molecule has 0 saturated heterocycles. The minimum Gasteiger partial charge on any atom is -0.368 e. The molecule has 2 N–H and O–H groups in total. The van der Waals surface area contributed by atoms with Gasteiger partial charge in [-0.3, -0.25) is 4.79 Å². The van der Waals surface area contributed by atoms with Gasteiger partial charge in [-0.15, -0.1) is 16.8 Å². The lowest BCUT2D eigenvalue weighted by atomic mass is 9.89. The molecule has 0 radical (unpaired) electrons. The van der Waals surface area contributed by atoms with Gasteiger partial charge in [0.1, 0.15) is 16.9 Å². The summed E-state index contributed by atoms with van der Waals surface area (Å²) in [7, 11) is 0. The van der Waals surface area contributed by atoms with E-state index in [1.165, 1.54) is 43.2 Å². The third-order valence-electron chi connectivity index (χ3n) is 4.68. The van der Waals surface area contributed by atoms with Gasteiger partial charge in [0.05, 0.1) is 0 Å². The number of primary amides is 1. The Morgan fingerprint density at radius 1 is 1.31 bits per heavy atom. The highest BCUT2D eigenvalue weighted by Gasteiger charge is 2.27. The molecular weight excluding hydrogens is 351 g/mol. The number of halogens is 1. The standard InChI is InChI=1S/C19H23FN4OS/c1-2-12-24-18(14-6-4-3-5-7-14)22-23-19(24)26-16(17(21)25)13-8-10-15(20)11-9-13/h2,8-11,14,16H,1,3-7,12H2,(H2,21,25)/t16-/m0/s1. The highest BCUT2D eigenvalue weighted by molar-refractivity contribution is 8.00. The van der Waals surface area contributed by atoms with E-state index in [4.69, 9.17) is 5.73 Å². The first-order valence-electron chi connectivity index (χ1n) is 8.85. The van der Waals surface area contributed by atoms with E-state index in [1.807, 2.05) is 4.57 Å². The number of rotatable bonds is 7. The molecule has 1 aliphatic rings. The van der Waals surface area contributed by atoms with Crippen molar-refractivity contribution in [3.63, 3.8) is 0 Å². The van der Waals surface area contributed by atoms with Crippen molar-refractivity contribution in [3.05, 3.63) is 54.1 Å². The van der Waals surface area contributed by atoms with E-state index in [1.54, 1.807) is 18.2 Å². The van der Waals surface area contributed by atoms with Crippen LogP contribution in [0, 0.1) is 5.82 Å². The molecule has 138 valence electrons. The van der Waals surface area contributed by atoms with Crippen LogP contribution in [0.3, 0.4) is 0 Å². The van der Waals surface area contributed by atoms with E-state index < -0.39 is 11.2 Å². The average Bonchev–Trinajstić information content (AvgIpc) is 3.04. The number of nitrogens with zero attached hydrogens (tertiary/aromatic N) is 3. The zero-order valence-corrected chi connectivity index (χ0v) is 15.4. The Morgan fingerprint density at radius 3 is 2.62 bits per heavy atom. The number of nitrogens with two attached hydrogens (primary N) is 1. The monoisotopic (exact) mass is 374 g/mol. The van der Waals surface area contributed by atoms with Gasteiger partial charge in [-0.1, -0.05) is 49.2 Å². The lowest BCUT2D eigenvalue weighted by molar-refractivity contribution is -0.117. The van der Waals surface area contributed by atoms with Crippen molar-refractivity contribution in [3.8, 4) is 0 Å². The maximum atomic E-state index is 13.2. The molecule has 1 aromatic heterocycles. The maximum Gasteiger partial charge on any atom is 0.235 e.